The highest BCUT2D eigenvalue weighted by Crippen LogP contribution is 2.31. The highest BCUT2D eigenvalue weighted by molar-refractivity contribution is 6.31. The van der Waals surface area contributed by atoms with E-state index >= 15 is 0 Å². The number of anilines is 2. The van der Waals surface area contributed by atoms with Crippen LogP contribution < -0.4 is 21.9 Å². The van der Waals surface area contributed by atoms with Gasteiger partial charge >= 0.3 is 6.09 Å². The molecule has 0 aliphatic heterocycles. The third-order valence-corrected chi connectivity index (χ3v) is 6.70. The fourth-order valence-corrected chi connectivity index (χ4v) is 4.76. The van der Waals surface area contributed by atoms with Gasteiger partial charge in [0.05, 0.1) is 11.7 Å². The number of nitrogens with one attached hydrogen (secondary N) is 4. The Balaban J connectivity index is 1.52. The minimum atomic E-state index is -1.14. The summed E-state index contributed by atoms with van der Waals surface area (Å²) in [5, 5.41) is 22.1. The van der Waals surface area contributed by atoms with E-state index in [1.165, 1.54) is 6.07 Å². The van der Waals surface area contributed by atoms with Gasteiger partial charge in [-0.05, 0) is 47.5 Å². The monoisotopic (exact) mass is 567 g/mol. The maximum atomic E-state index is 13.6. The van der Waals surface area contributed by atoms with Crippen molar-refractivity contribution in [2.45, 2.75) is 12.5 Å². The van der Waals surface area contributed by atoms with Gasteiger partial charge in [0, 0.05) is 52.4 Å². The van der Waals surface area contributed by atoms with E-state index in [0.29, 0.717) is 45.5 Å². The molecule has 1 amide bonds. The van der Waals surface area contributed by atoms with E-state index in [-0.39, 0.29) is 11.5 Å². The van der Waals surface area contributed by atoms with Crippen molar-refractivity contribution in [3.63, 3.8) is 0 Å². The van der Waals surface area contributed by atoms with Gasteiger partial charge in [-0.1, -0.05) is 54.1 Å². The Morgan fingerprint density at radius 1 is 1.02 bits per heavy atom. The summed E-state index contributed by atoms with van der Waals surface area (Å²) < 4.78 is 1.63. The summed E-state index contributed by atoms with van der Waals surface area (Å²) in [5.74, 6) is 0.361. The fourth-order valence-electron chi connectivity index (χ4n) is 4.59. The molecule has 2 aromatic heterocycles. The number of H-pyrrole nitrogens is 1. The highest BCUT2D eigenvalue weighted by atomic mass is 35.5. The van der Waals surface area contributed by atoms with Crippen LogP contribution in [0.3, 0.4) is 0 Å². The summed E-state index contributed by atoms with van der Waals surface area (Å²) in [6, 6.07) is 24.7. The van der Waals surface area contributed by atoms with Gasteiger partial charge in [0.1, 0.15) is 5.82 Å². The number of pyridine rings is 1. The van der Waals surface area contributed by atoms with Crippen molar-refractivity contribution in [3.05, 3.63) is 124 Å². The lowest BCUT2D eigenvalue weighted by molar-refractivity contribution is 0.209. The van der Waals surface area contributed by atoms with Gasteiger partial charge in [-0.3, -0.25) is 15.5 Å². The number of guanidine groups is 1. The molecule has 2 heterocycles. The smallest absolute Gasteiger partial charge is 0.409 e. The van der Waals surface area contributed by atoms with Crippen molar-refractivity contribution in [2.75, 3.05) is 10.6 Å². The molecule has 41 heavy (non-hydrogen) atoms. The second-order valence-electron chi connectivity index (χ2n) is 9.27. The largest absolute Gasteiger partial charge is 0.465 e. The molecular weight excluding hydrogens is 542 g/mol. The number of hydrogen-bond acceptors (Lipinski definition) is 4. The van der Waals surface area contributed by atoms with Crippen LogP contribution in [0.1, 0.15) is 17.4 Å². The number of hydrogen-bond donors (Lipinski definition) is 6. The summed E-state index contributed by atoms with van der Waals surface area (Å²) >= 11 is 6.24. The Morgan fingerprint density at radius 2 is 1.78 bits per heavy atom. The van der Waals surface area contributed by atoms with E-state index in [1.807, 2.05) is 36.4 Å². The Bertz CT molecular complexity index is 1770. The lowest BCUT2D eigenvalue weighted by Crippen LogP contribution is -2.27. The number of nitrogens with two attached hydrogens (primary N) is 1. The minimum Gasteiger partial charge on any atom is -0.465 e. The quantitative estimate of drug-likeness (QED) is 0.103. The van der Waals surface area contributed by atoms with Gasteiger partial charge < -0.3 is 25.7 Å². The number of aromatic amines is 1. The van der Waals surface area contributed by atoms with Gasteiger partial charge in [-0.15, -0.1) is 0 Å². The summed E-state index contributed by atoms with van der Waals surface area (Å²) in [5.41, 5.74) is 10.0. The van der Waals surface area contributed by atoms with Crippen LogP contribution in [0.25, 0.3) is 22.4 Å². The zero-order chi connectivity index (χ0) is 28.9. The van der Waals surface area contributed by atoms with Crippen molar-refractivity contribution in [2.24, 2.45) is 5.73 Å². The Kier molecular flexibility index (Phi) is 7.84. The lowest BCUT2D eigenvalue weighted by atomic mass is 10.0. The summed E-state index contributed by atoms with van der Waals surface area (Å²) in [6.07, 6.45) is 2.85. The van der Waals surface area contributed by atoms with E-state index in [2.05, 4.69) is 15.6 Å². The molecule has 5 rings (SSSR count). The molecule has 3 aromatic carbocycles. The first-order valence-electron chi connectivity index (χ1n) is 12.6. The van der Waals surface area contributed by atoms with Crippen LogP contribution in [0.15, 0.2) is 102 Å². The molecule has 5 aromatic rings. The number of nitrogens with zero attached hydrogens (tertiary/aromatic N) is 2. The summed E-state index contributed by atoms with van der Waals surface area (Å²) in [4.78, 5) is 32.5. The van der Waals surface area contributed by atoms with E-state index < -0.39 is 12.1 Å². The molecule has 0 bridgehead atoms. The lowest BCUT2D eigenvalue weighted by Gasteiger charge is -2.19. The number of aromatic nitrogens is 3. The molecule has 0 fully saturated rings. The molecule has 0 saturated carbocycles. The Labute approximate surface area is 240 Å². The normalized spacial score (nSPS) is 11.5. The van der Waals surface area contributed by atoms with Crippen molar-refractivity contribution in [1.29, 1.82) is 5.41 Å². The molecule has 10 nitrogen and oxygen atoms in total. The molecule has 0 spiro atoms. The Hall–Kier alpha value is -5.35. The number of imidazole rings is 1. The minimum absolute atomic E-state index is 0.230. The van der Waals surface area contributed by atoms with E-state index in [0.717, 1.165) is 11.1 Å². The first-order valence-corrected chi connectivity index (χ1v) is 13.0. The van der Waals surface area contributed by atoms with Crippen LogP contribution in [0.5, 0.6) is 0 Å². The van der Waals surface area contributed by atoms with E-state index in [9.17, 15) is 9.59 Å². The predicted molar refractivity (Wildman–Crippen MR) is 161 cm³/mol. The SMILES string of the molecule is N=C(N)Nc1ccc(Cl)cc1-c1ccn(C(Cc2ccccc2)c2nc(-c3ccc(NC(=O)O)cc3)c[nH]2)c(=O)c1. The van der Waals surface area contributed by atoms with E-state index in [4.69, 9.17) is 32.8 Å². The van der Waals surface area contributed by atoms with Crippen LogP contribution in [-0.2, 0) is 6.42 Å². The first kappa shape index (κ1) is 27.2. The van der Waals surface area contributed by atoms with Crippen molar-refractivity contribution in [1.82, 2.24) is 14.5 Å². The maximum absolute atomic E-state index is 13.6. The van der Waals surface area contributed by atoms with Crippen molar-refractivity contribution >= 4 is 35.0 Å². The first-order chi connectivity index (χ1) is 19.8. The fraction of sp³-hybridized carbons (Fsp3) is 0.0667. The van der Waals surface area contributed by atoms with Gasteiger partial charge in [0.25, 0.3) is 5.56 Å². The summed E-state index contributed by atoms with van der Waals surface area (Å²) in [7, 11) is 0. The molecule has 1 atom stereocenters. The Morgan fingerprint density at radius 3 is 2.46 bits per heavy atom. The average Bonchev–Trinajstić information content (AvgIpc) is 3.43. The van der Waals surface area contributed by atoms with Crippen molar-refractivity contribution < 1.29 is 9.90 Å². The van der Waals surface area contributed by atoms with Crippen LogP contribution >= 0.6 is 11.6 Å². The number of benzene rings is 3. The van der Waals surface area contributed by atoms with Gasteiger partial charge in [0.15, 0.2) is 5.96 Å². The number of rotatable bonds is 8. The summed E-state index contributed by atoms with van der Waals surface area (Å²) in [6.45, 7) is 0. The van der Waals surface area contributed by atoms with Gasteiger partial charge in [0.2, 0.25) is 0 Å². The van der Waals surface area contributed by atoms with Gasteiger partial charge in [-0.2, -0.15) is 0 Å². The molecule has 206 valence electrons. The standard InChI is InChI=1S/C30H26ClN7O3/c31-21-8-11-24(37-29(32)33)23(16-21)20-12-13-38(27(39)15-20)26(14-18-4-2-1-3-5-18)28-34-17-25(36-28)19-6-9-22(10-7-19)35-30(40)41/h1-13,15-17,26,35H,14H2,(H,34,36)(H,40,41)(H4,32,33,37). The van der Waals surface area contributed by atoms with Crippen LogP contribution in [0.4, 0.5) is 16.2 Å². The number of halogens is 1. The molecule has 0 saturated heterocycles. The number of carboxylic acid groups (broad SMARTS) is 1. The van der Waals surface area contributed by atoms with Crippen LogP contribution in [-0.4, -0.2) is 31.7 Å². The highest BCUT2D eigenvalue weighted by Gasteiger charge is 2.21. The molecule has 0 aliphatic carbocycles. The molecular formula is C30H26ClN7O3. The van der Waals surface area contributed by atoms with Crippen LogP contribution in [0, 0.1) is 5.41 Å². The third-order valence-electron chi connectivity index (χ3n) is 6.46. The number of carbonyl (C=O) groups is 1. The predicted octanol–water partition coefficient (Wildman–Crippen LogP) is 5.79. The number of amides is 1. The van der Waals surface area contributed by atoms with Gasteiger partial charge in [-0.25, -0.2) is 9.78 Å². The van der Waals surface area contributed by atoms with Crippen molar-refractivity contribution in [3.8, 4) is 22.4 Å². The molecule has 0 aliphatic rings. The molecule has 11 heteroatoms. The molecule has 1 unspecified atom stereocenters. The second kappa shape index (κ2) is 11.8. The van der Waals surface area contributed by atoms with E-state index in [1.54, 1.807) is 59.4 Å². The topological polar surface area (TPSA) is 162 Å². The molecule has 7 N–H and O–H groups in total. The maximum Gasteiger partial charge on any atom is 0.409 e. The average molecular weight is 568 g/mol. The third kappa shape index (κ3) is 6.45. The molecule has 0 radical (unpaired) electrons. The second-order valence-corrected chi connectivity index (χ2v) is 9.71. The zero-order valence-electron chi connectivity index (χ0n) is 21.6. The van der Waals surface area contributed by atoms with Crippen LogP contribution in [0.2, 0.25) is 5.02 Å². The zero-order valence-corrected chi connectivity index (χ0v) is 22.4.